The van der Waals surface area contributed by atoms with Gasteiger partial charge in [-0.15, -0.1) is 0 Å². The molecule has 4 nitrogen and oxygen atoms in total. The summed E-state index contributed by atoms with van der Waals surface area (Å²) in [5, 5.41) is 2.60. The van der Waals surface area contributed by atoms with Crippen LogP contribution in [0.1, 0.15) is 33.1 Å². The molecule has 0 aliphatic heterocycles. The molecule has 1 N–H and O–H groups in total. The quantitative estimate of drug-likeness (QED) is 0.688. The first-order chi connectivity index (χ1) is 6.61. The monoisotopic (exact) mass is 200 g/mol. The van der Waals surface area contributed by atoms with Gasteiger partial charge < -0.3 is 10.2 Å². The van der Waals surface area contributed by atoms with Crippen molar-refractivity contribution in [2.75, 3.05) is 20.1 Å². The van der Waals surface area contributed by atoms with Gasteiger partial charge in [0.25, 0.3) is 0 Å². The van der Waals surface area contributed by atoms with Crippen LogP contribution in [-0.2, 0) is 9.59 Å². The van der Waals surface area contributed by atoms with Gasteiger partial charge in [0.15, 0.2) is 0 Å². The molecule has 0 bridgehead atoms. The predicted molar refractivity (Wildman–Crippen MR) is 55.8 cm³/mol. The largest absolute Gasteiger partial charge is 0.347 e. The van der Waals surface area contributed by atoms with Gasteiger partial charge in [-0.1, -0.05) is 13.3 Å². The Bertz CT molecular complexity index is 193. The van der Waals surface area contributed by atoms with Gasteiger partial charge >= 0.3 is 0 Å². The van der Waals surface area contributed by atoms with E-state index in [2.05, 4.69) is 5.32 Å². The Morgan fingerprint density at radius 2 is 1.93 bits per heavy atom. The zero-order valence-corrected chi connectivity index (χ0v) is 9.30. The van der Waals surface area contributed by atoms with Gasteiger partial charge in [0.1, 0.15) is 0 Å². The molecule has 0 heterocycles. The van der Waals surface area contributed by atoms with Crippen molar-refractivity contribution >= 4 is 11.8 Å². The van der Waals surface area contributed by atoms with Crippen molar-refractivity contribution in [1.29, 1.82) is 0 Å². The standard InChI is InChI=1S/C10H20N2O2/c1-4-6-7-9(13)11-8-10(14)12(3)5-2/h4-8H2,1-3H3,(H,11,13). The van der Waals surface area contributed by atoms with Crippen molar-refractivity contribution in [1.82, 2.24) is 10.2 Å². The summed E-state index contributed by atoms with van der Waals surface area (Å²) in [6.45, 7) is 4.72. The molecule has 0 unspecified atom stereocenters. The molecule has 0 aromatic rings. The lowest BCUT2D eigenvalue weighted by atomic mass is 10.2. The second-order valence-corrected chi connectivity index (χ2v) is 3.29. The first-order valence-electron chi connectivity index (χ1n) is 5.12. The fraction of sp³-hybridized carbons (Fsp3) is 0.800. The van der Waals surface area contributed by atoms with Crippen LogP contribution in [0.2, 0.25) is 0 Å². The van der Waals surface area contributed by atoms with Crippen LogP contribution in [0, 0.1) is 0 Å². The third-order valence-electron chi connectivity index (χ3n) is 2.09. The lowest BCUT2D eigenvalue weighted by molar-refractivity contribution is -0.131. The Morgan fingerprint density at radius 3 is 2.43 bits per heavy atom. The minimum absolute atomic E-state index is 0.0373. The number of nitrogens with zero attached hydrogens (tertiary/aromatic N) is 1. The van der Waals surface area contributed by atoms with Gasteiger partial charge in [-0.2, -0.15) is 0 Å². The lowest BCUT2D eigenvalue weighted by Crippen LogP contribution is -2.37. The number of likely N-dealkylation sites (N-methyl/N-ethyl adjacent to an activating group) is 1. The average molecular weight is 200 g/mol. The second-order valence-electron chi connectivity index (χ2n) is 3.29. The Balaban J connectivity index is 3.61. The summed E-state index contributed by atoms with van der Waals surface area (Å²) >= 11 is 0. The van der Waals surface area contributed by atoms with E-state index in [0.29, 0.717) is 13.0 Å². The highest BCUT2D eigenvalue weighted by atomic mass is 16.2. The van der Waals surface area contributed by atoms with E-state index in [-0.39, 0.29) is 18.4 Å². The van der Waals surface area contributed by atoms with Crippen molar-refractivity contribution in [3.63, 3.8) is 0 Å². The molecule has 0 fully saturated rings. The number of unbranched alkanes of at least 4 members (excludes halogenated alkanes) is 1. The number of carbonyl (C=O) groups excluding carboxylic acids is 2. The maximum absolute atomic E-state index is 11.3. The molecule has 0 aliphatic carbocycles. The molecule has 82 valence electrons. The van der Waals surface area contributed by atoms with E-state index in [9.17, 15) is 9.59 Å². The number of rotatable bonds is 6. The van der Waals surface area contributed by atoms with Crippen LogP contribution in [0.4, 0.5) is 0 Å². The molecule has 2 amide bonds. The zero-order chi connectivity index (χ0) is 11.0. The molecule has 0 radical (unpaired) electrons. The molecule has 0 saturated heterocycles. The smallest absolute Gasteiger partial charge is 0.241 e. The molecule has 0 atom stereocenters. The minimum Gasteiger partial charge on any atom is -0.347 e. The number of nitrogens with one attached hydrogen (secondary N) is 1. The van der Waals surface area contributed by atoms with Crippen LogP contribution in [0.25, 0.3) is 0 Å². The van der Waals surface area contributed by atoms with Crippen molar-refractivity contribution in [3.05, 3.63) is 0 Å². The van der Waals surface area contributed by atoms with Gasteiger partial charge in [0.05, 0.1) is 6.54 Å². The second kappa shape index (κ2) is 7.35. The van der Waals surface area contributed by atoms with Gasteiger partial charge in [-0.3, -0.25) is 9.59 Å². The predicted octanol–water partition coefficient (Wildman–Crippen LogP) is 0.771. The normalized spacial score (nSPS) is 9.64. The van der Waals surface area contributed by atoms with Gasteiger partial charge in [-0.25, -0.2) is 0 Å². The third-order valence-corrected chi connectivity index (χ3v) is 2.09. The highest BCUT2D eigenvalue weighted by Crippen LogP contribution is 1.92. The highest BCUT2D eigenvalue weighted by molar-refractivity contribution is 5.84. The fourth-order valence-corrected chi connectivity index (χ4v) is 0.911. The van der Waals surface area contributed by atoms with E-state index in [0.717, 1.165) is 12.8 Å². The summed E-state index contributed by atoms with van der Waals surface area (Å²) < 4.78 is 0. The summed E-state index contributed by atoms with van der Waals surface area (Å²) in [5.74, 6) is -0.0814. The molecular formula is C10H20N2O2. The van der Waals surface area contributed by atoms with Crippen molar-refractivity contribution < 1.29 is 9.59 Å². The van der Waals surface area contributed by atoms with Crippen LogP contribution in [-0.4, -0.2) is 36.9 Å². The summed E-state index contributed by atoms with van der Waals surface area (Å²) in [6, 6.07) is 0. The van der Waals surface area contributed by atoms with Crippen molar-refractivity contribution in [2.45, 2.75) is 33.1 Å². The minimum atomic E-state index is -0.0441. The van der Waals surface area contributed by atoms with E-state index in [1.807, 2.05) is 13.8 Å². The van der Waals surface area contributed by atoms with E-state index in [4.69, 9.17) is 0 Å². The van der Waals surface area contributed by atoms with Crippen LogP contribution in [0.3, 0.4) is 0 Å². The summed E-state index contributed by atoms with van der Waals surface area (Å²) in [4.78, 5) is 24.0. The fourth-order valence-electron chi connectivity index (χ4n) is 0.911. The van der Waals surface area contributed by atoms with Crippen LogP contribution < -0.4 is 5.32 Å². The maximum atomic E-state index is 11.3. The Hall–Kier alpha value is -1.06. The van der Waals surface area contributed by atoms with Crippen LogP contribution in [0.5, 0.6) is 0 Å². The van der Waals surface area contributed by atoms with E-state index < -0.39 is 0 Å². The molecular weight excluding hydrogens is 180 g/mol. The molecule has 0 aromatic carbocycles. The van der Waals surface area contributed by atoms with Gasteiger partial charge in [0, 0.05) is 20.0 Å². The van der Waals surface area contributed by atoms with E-state index in [1.54, 1.807) is 11.9 Å². The Labute approximate surface area is 85.7 Å². The van der Waals surface area contributed by atoms with E-state index >= 15 is 0 Å². The molecule has 0 rings (SSSR count). The number of amides is 2. The first-order valence-corrected chi connectivity index (χ1v) is 5.12. The SMILES string of the molecule is CCCCC(=O)NCC(=O)N(C)CC. The van der Waals surface area contributed by atoms with Crippen LogP contribution >= 0.6 is 0 Å². The summed E-state index contributed by atoms with van der Waals surface area (Å²) in [7, 11) is 1.72. The third kappa shape index (κ3) is 5.56. The van der Waals surface area contributed by atoms with Gasteiger partial charge in [0.2, 0.25) is 11.8 Å². The first kappa shape index (κ1) is 12.9. The number of hydrogen-bond acceptors (Lipinski definition) is 2. The Morgan fingerprint density at radius 1 is 1.29 bits per heavy atom. The molecule has 4 heteroatoms. The summed E-state index contributed by atoms with van der Waals surface area (Å²) in [5.41, 5.74) is 0. The lowest BCUT2D eigenvalue weighted by Gasteiger charge is -2.14. The number of hydrogen-bond donors (Lipinski definition) is 1. The molecule has 0 spiro atoms. The topological polar surface area (TPSA) is 49.4 Å². The average Bonchev–Trinajstić information content (AvgIpc) is 2.21. The summed E-state index contributed by atoms with van der Waals surface area (Å²) in [6.07, 6.45) is 2.39. The zero-order valence-electron chi connectivity index (χ0n) is 9.30. The van der Waals surface area contributed by atoms with Crippen LogP contribution in [0.15, 0.2) is 0 Å². The molecule has 0 aromatic heterocycles. The van der Waals surface area contributed by atoms with E-state index in [1.165, 1.54) is 0 Å². The molecule has 0 saturated carbocycles. The van der Waals surface area contributed by atoms with Crippen molar-refractivity contribution in [3.8, 4) is 0 Å². The molecule has 0 aliphatic rings. The number of carbonyl (C=O) groups is 2. The Kier molecular flexibility index (Phi) is 6.80. The molecule has 14 heavy (non-hydrogen) atoms. The maximum Gasteiger partial charge on any atom is 0.241 e. The van der Waals surface area contributed by atoms with Gasteiger partial charge in [-0.05, 0) is 13.3 Å². The van der Waals surface area contributed by atoms with Crippen molar-refractivity contribution in [2.24, 2.45) is 0 Å². The highest BCUT2D eigenvalue weighted by Gasteiger charge is 2.07.